The molecule has 1 saturated heterocycles. The van der Waals surface area contributed by atoms with E-state index in [4.69, 9.17) is 15.2 Å². The van der Waals surface area contributed by atoms with E-state index in [1.165, 1.54) is 4.31 Å². The Morgan fingerprint density at radius 2 is 1.64 bits per heavy atom. The van der Waals surface area contributed by atoms with Crippen LogP contribution in [0.25, 0.3) is 0 Å². The summed E-state index contributed by atoms with van der Waals surface area (Å²) >= 11 is 0. The molecule has 0 amide bonds. The summed E-state index contributed by atoms with van der Waals surface area (Å²) in [5.41, 5.74) is 9.19. The van der Waals surface area contributed by atoms with E-state index in [1.54, 1.807) is 55.3 Å². The molecule has 1 aliphatic carbocycles. The SMILES string of the molecule is CCOC(=O)C1=C(N)N(c2ccc(S(=O)(=O)N3CCCCC3)cc2)C2=C(C(=O)CC(C)(C)C2)C1c1ccc(OC)cc1. The standard InChI is InChI=1S/C32H39N3O6S/c1-5-41-31(37)29-27(21-9-13-23(40-4)14-10-21)28-25(19-32(2,3)20-26(28)36)35(30(29)33)22-11-15-24(16-12-22)42(38,39)34-17-7-6-8-18-34/h9-16,27H,5-8,17-20,33H2,1-4H3. The molecule has 9 nitrogen and oxygen atoms in total. The normalized spacial score (nSPS) is 21.3. The predicted molar refractivity (Wildman–Crippen MR) is 160 cm³/mol. The molecule has 2 aliphatic heterocycles. The monoisotopic (exact) mass is 593 g/mol. The number of Topliss-reactive ketones (excluding diaryl/α,β-unsaturated/α-hetero) is 1. The average molecular weight is 594 g/mol. The van der Waals surface area contributed by atoms with Crippen LogP contribution in [-0.4, -0.2) is 51.3 Å². The second-order valence-electron chi connectivity index (χ2n) is 11.8. The summed E-state index contributed by atoms with van der Waals surface area (Å²) in [5, 5.41) is 0. The van der Waals surface area contributed by atoms with Gasteiger partial charge >= 0.3 is 5.97 Å². The molecule has 0 saturated carbocycles. The Morgan fingerprint density at radius 1 is 1.00 bits per heavy atom. The molecule has 0 bridgehead atoms. The number of sulfonamides is 1. The molecule has 1 atom stereocenters. The van der Waals surface area contributed by atoms with Crippen molar-refractivity contribution in [2.75, 3.05) is 31.7 Å². The van der Waals surface area contributed by atoms with E-state index in [2.05, 4.69) is 0 Å². The van der Waals surface area contributed by atoms with Crippen molar-refractivity contribution in [3.8, 4) is 5.75 Å². The van der Waals surface area contributed by atoms with E-state index in [-0.39, 0.29) is 34.1 Å². The van der Waals surface area contributed by atoms with Gasteiger partial charge in [-0.25, -0.2) is 13.2 Å². The minimum absolute atomic E-state index is 0.0642. The van der Waals surface area contributed by atoms with Crippen LogP contribution in [0.3, 0.4) is 0 Å². The number of nitrogens with two attached hydrogens (primary N) is 1. The van der Waals surface area contributed by atoms with Gasteiger partial charge in [0, 0.05) is 36.5 Å². The molecule has 5 rings (SSSR count). The van der Waals surface area contributed by atoms with Crippen molar-refractivity contribution in [3.05, 3.63) is 76.8 Å². The molecule has 2 heterocycles. The molecule has 10 heteroatoms. The lowest BCUT2D eigenvalue weighted by atomic mass is 9.68. The van der Waals surface area contributed by atoms with Crippen LogP contribution >= 0.6 is 0 Å². The van der Waals surface area contributed by atoms with Gasteiger partial charge in [0.1, 0.15) is 11.6 Å². The van der Waals surface area contributed by atoms with Gasteiger partial charge in [0.25, 0.3) is 0 Å². The average Bonchev–Trinajstić information content (AvgIpc) is 2.96. The van der Waals surface area contributed by atoms with E-state index in [1.807, 2.05) is 26.0 Å². The van der Waals surface area contributed by atoms with Crippen LogP contribution in [0, 0.1) is 5.41 Å². The number of hydrogen-bond acceptors (Lipinski definition) is 8. The number of carbonyl (C=O) groups is 2. The number of hydrogen-bond donors (Lipinski definition) is 1. The molecule has 1 unspecified atom stereocenters. The number of anilines is 1. The zero-order valence-electron chi connectivity index (χ0n) is 24.7. The number of piperidine rings is 1. The summed E-state index contributed by atoms with van der Waals surface area (Å²) in [5.74, 6) is -0.579. The lowest BCUT2D eigenvalue weighted by molar-refractivity contribution is -0.138. The Kier molecular flexibility index (Phi) is 8.22. The van der Waals surface area contributed by atoms with Crippen LogP contribution < -0.4 is 15.4 Å². The third kappa shape index (κ3) is 5.45. The van der Waals surface area contributed by atoms with Gasteiger partial charge in [-0.1, -0.05) is 32.4 Å². The molecule has 2 aromatic rings. The summed E-state index contributed by atoms with van der Waals surface area (Å²) in [6.07, 6.45) is 3.57. The van der Waals surface area contributed by atoms with Crippen LogP contribution in [0.15, 0.2) is 76.1 Å². The second kappa shape index (κ2) is 11.6. The van der Waals surface area contributed by atoms with Crippen LogP contribution in [0.1, 0.15) is 64.4 Å². The number of carbonyl (C=O) groups excluding carboxylic acids is 2. The molecule has 42 heavy (non-hydrogen) atoms. The number of rotatable bonds is 7. The van der Waals surface area contributed by atoms with E-state index < -0.39 is 21.9 Å². The van der Waals surface area contributed by atoms with E-state index in [9.17, 15) is 18.0 Å². The highest BCUT2D eigenvalue weighted by molar-refractivity contribution is 7.89. The Labute approximate surface area is 248 Å². The van der Waals surface area contributed by atoms with E-state index >= 15 is 0 Å². The topological polar surface area (TPSA) is 119 Å². The van der Waals surface area contributed by atoms with Gasteiger partial charge in [-0.3, -0.25) is 9.69 Å². The maximum atomic E-state index is 13.9. The summed E-state index contributed by atoms with van der Waals surface area (Å²) in [6, 6.07) is 13.8. The van der Waals surface area contributed by atoms with Gasteiger partial charge in [0.15, 0.2) is 5.78 Å². The van der Waals surface area contributed by atoms with Gasteiger partial charge < -0.3 is 15.2 Å². The molecule has 0 spiro atoms. The van der Waals surface area contributed by atoms with Crippen LogP contribution in [0.2, 0.25) is 0 Å². The fraction of sp³-hybridized carbons (Fsp3) is 0.438. The predicted octanol–water partition coefficient (Wildman–Crippen LogP) is 4.85. The highest BCUT2D eigenvalue weighted by Crippen LogP contribution is 2.50. The van der Waals surface area contributed by atoms with Gasteiger partial charge in [-0.2, -0.15) is 4.31 Å². The number of nitrogens with zero attached hydrogens (tertiary/aromatic N) is 2. The van der Waals surface area contributed by atoms with Crippen LogP contribution in [0.5, 0.6) is 5.75 Å². The van der Waals surface area contributed by atoms with Gasteiger partial charge in [-0.05, 0) is 73.6 Å². The maximum Gasteiger partial charge on any atom is 0.338 e. The first-order valence-electron chi connectivity index (χ1n) is 14.5. The second-order valence-corrected chi connectivity index (χ2v) is 13.8. The molecule has 0 radical (unpaired) electrons. The largest absolute Gasteiger partial charge is 0.497 e. The number of ketones is 1. The Hall–Kier alpha value is -3.63. The minimum atomic E-state index is -3.63. The molecule has 0 aromatic heterocycles. The van der Waals surface area contributed by atoms with Gasteiger partial charge in [0.05, 0.1) is 30.1 Å². The molecule has 3 aliphatic rings. The molecular weight excluding hydrogens is 554 g/mol. The van der Waals surface area contributed by atoms with Crippen molar-refractivity contribution >= 4 is 27.5 Å². The first kappa shape index (κ1) is 29.8. The number of methoxy groups -OCH3 is 1. The van der Waals surface area contributed by atoms with E-state index in [0.29, 0.717) is 48.6 Å². The van der Waals surface area contributed by atoms with Crippen molar-refractivity contribution < 1.29 is 27.5 Å². The van der Waals surface area contributed by atoms with Crippen molar-refractivity contribution in [1.29, 1.82) is 0 Å². The molecule has 224 valence electrons. The number of benzene rings is 2. The lowest BCUT2D eigenvalue weighted by Gasteiger charge is -2.44. The third-order valence-corrected chi connectivity index (χ3v) is 10.2. The molecular formula is C32H39N3O6S. The summed E-state index contributed by atoms with van der Waals surface area (Å²) in [7, 11) is -2.06. The van der Waals surface area contributed by atoms with Crippen LogP contribution in [0.4, 0.5) is 5.69 Å². The van der Waals surface area contributed by atoms with Crippen molar-refractivity contribution in [2.45, 2.75) is 63.7 Å². The molecule has 2 aromatic carbocycles. The highest BCUT2D eigenvalue weighted by atomic mass is 32.2. The maximum absolute atomic E-state index is 13.9. The number of ether oxygens (including phenoxy) is 2. The lowest BCUT2D eigenvalue weighted by Crippen LogP contribution is -2.43. The third-order valence-electron chi connectivity index (χ3n) is 8.25. The van der Waals surface area contributed by atoms with Gasteiger partial charge in [0.2, 0.25) is 10.0 Å². The Morgan fingerprint density at radius 3 is 2.24 bits per heavy atom. The zero-order chi connectivity index (χ0) is 30.2. The van der Waals surface area contributed by atoms with Crippen molar-refractivity contribution in [1.82, 2.24) is 4.31 Å². The van der Waals surface area contributed by atoms with Crippen molar-refractivity contribution in [3.63, 3.8) is 0 Å². The quantitative estimate of drug-likeness (QED) is 0.453. The van der Waals surface area contributed by atoms with E-state index in [0.717, 1.165) is 24.8 Å². The zero-order valence-corrected chi connectivity index (χ0v) is 25.5. The van der Waals surface area contributed by atoms with Crippen molar-refractivity contribution in [2.24, 2.45) is 11.1 Å². The Bertz CT molecular complexity index is 1540. The highest BCUT2D eigenvalue weighted by Gasteiger charge is 2.46. The first-order chi connectivity index (χ1) is 20.0. The Balaban J connectivity index is 1.66. The fourth-order valence-electron chi connectivity index (χ4n) is 6.26. The fourth-order valence-corrected chi connectivity index (χ4v) is 7.78. The summed E-state index contributed by atoms with van der Waals surface area (Å²) < 4.78 is 39.0. The number of allylic oxidation sites excluding steroid dienone is 2. The first-order valence-corrected chi connectivity index (χ1v) is 15.9. The van der Waals surface area contributed by atoms with Crippen LogP contribution in [-0.2, 0) is 24.3 Å². The van der Waals surface area contributed by atoms with Gasteiger partial charge in [-0.15, -0.1) is 0 Å². The minimum Gasteiger partial charge on any atom is -0.497 e. The summed E-state index contributed by atoms with van der Waals surface area (Å²) in [6.45, 7) is 6.94. The number of esters is 1. The smallest absolute Gasteiger partial charge is 0.338 e. The molecule has 2 N–H and O–H groups in total. The summed E-state index contributed by atoms with van der Waals surface area (Å²) in [4.78, 5) is 29.4. The molecule has 1 fully saturated rings.